The van der Waals surface area contributed by atoms with Gasteiger partial charge in [0.05, 0.1) is 41.0 Å². The number of fused-ring (bicyclic) bond motifs is 1. The van der Waals surface area contributed by atoms with E-state index in [9.17, 15) is 31.4 Å². The molecule has 0 bridgehead atoms. The number of nitrogens with one attached hydrogen (secondary N) is 1. The quantitative estimate of drug-likeness (QED) is 0.471. The van der Waals surface area contributed by atoms with E-state index in [1.807, 2.05) is 0 Å². The van der Waals surface area contributed by atoms with Crippen molar-refractivity contribution in [2.45, 2.75) is 69.7 Å². The summed E-state index contributed by atoms with van der Waals surface area (Å²) < 4.78 is 87.1. The standard InChI is InChI=1S/C23H25F6N5O2/c1-12(2)34-11-32-17-5-15(4-16(20(17)34)22(24,25)26)36-10-14-7-21(35,6-13(3)33-14)18-8-31-19(9-30-18)23(27,28)29/h4-5,8-9,11-14,33,35H,6-7,10H2,1-3H3/t13-,14-,21-/m0/s1. The normalized spacial score (nSPS) is 23.4. The van der Waals surface area contributed by atoms with E-state index in [0.29, 0.717) is 6.20 Å². The fourth-order valence-corrected chi connectivity index (χ4v) is 4.58. The fourth-order valence-electron chi connectivity index (χ4n) is 4.58. The molecule has 13 heteroatoms. The molecule has 2 aromatic heterocycles. The minimum absolute atomic E-state index is 0.00767. The zero-order valence-corrected chi connectivity index (χ0v) is 19.7. The van der Waals surface area contributed by atoms with Crippen LogP contribution < -0.4 is 10.1 Å². The van der Waals surface area contributed by atoms with Crippen LogP contribution in [0.5, 0.6) is 5.75 Å². The average molecular weight is 517 g/mol. The van der Waals surface area contributed by atoms with E-state index in [4.69, 9.17) is 4.74 Å². The number of ether oxygens (including phenoxy) is 1. The zero-order valence-electron chi connectivity index (χ0n) is 19.7. The molecule has 0 saturated carbocycles. The number of nitrogens with zero attached hydrogens (tertiary/aromatic N) is 4. The van der Waals surface area contributed by atoms with Crippen molar-refractivity contribution in [1.29, 1.82) is 0 Å². The Balaban J connectivity index is 1.55. The third-order valence-electron chi connectivity index (χ3n) is 6.12. The highest BCUT2D eigenvalue weighted by Gasteiger charge is 2.42. The topological polar surface area (TPSA) is 85.1 Å². The van der Waals surface area contributed by atoms with Gasteiger partial charge in [0.25, 0.3) is 0 Å². The predicted molar refractivity (Wildman–Crippen MR) is 117 cm³/mol. The van der Waals surface area contributed by atoms with Gasteiger partial charge in [-0.1, -0.05) is 0 Å². The van der Waals surface area contributed by atoms with Crippen LogP contribution in [0.25, 0.3) is 11.0 Å². The molecule has 3 aromatic rings. The molecule has 1 aliphatic heterocycles. The summed E-state index contributed by atoms with van der Waals surface area (Å²) in [5.74, 6) is -0.0401. The maximum Gasteiger partial charge on any atom is 0.434 e. The molecular weight excluding hydrogens is 492 g/mol. The molecule has 7 nitrogen and oxygen atoms in total. The molecule has 0 aliphatic carbocycles. The second-order valence-electron chi connectivity index (χ2n) is 9.38. The molecule has 0 unspecified atom stereocenters. The maximum absolute atomic E-state index is 13.8. The van der Waals surface area contributed by atoms with E-state index in [2.05, 4.69) is 20.3 Å². The molecule has 1 aromatic carbocycles. The van der Waals surface area contributed by atoms with Gasteiger partial charge in [0.1, 0.15) is 18.0 Å². The lowest BCUT2D eigenvalue weighted by Crippen LogP contribution is -2.53. The van der Waals surface area contributed by atoms with Gasteiger partial charge in [0.2, 0.25) is 0 Å². The van der Waals surface area contributed by atoms with Gasteiger partial charge in [0, 0.05) is 30.6 Å². The zero-order chi connectivity index (χ0) is 26.5. The SMILES string of the molecule is CC(C)n1cnc2cc(OC[C@@H]3C[C@](O)(c4cnc(C(F)(F)F)cn4)C[C@H](C)N3)cc(C(F)(F)F)c21. The van der Waals surface area contributed by atoms with Crippen LogP contribution in [-0.4, -0.2) is 43.3 Å². The van der Waals surface area contributed by atoms with Crippen LogP contribution in [0.2, 0.25) is 0 Å². The summed E-state index contributed by atoms with van der Waals surface area (Å²) in [5, 5.41) is 14.4. The first-order chi connectivity index (χ1) is 16.7. The Morgan fingerprint density at radius 3 is 2.39 bits per heavy atom. The van der Waals surface area contributed by atoms with Crippen LogP contribution in [0.1, 0.15) is 56.6 Å². The van der Waals surface area contributed by atoms with Crippen LogP contribution in [0, 0.1) is 0 Å². The van der Waals surface area contributed by atoms with Crippen molar-refractivity contribution >= 4 is 11.0 Å². The number of hydrogen-bond donors (Lipinski definition) is 2. The molecule has 1 saturated heterocycles. The molecule has 1 fully saturated rings. The maximum atomic E-state index is 13.8. The lowest BCUT2D eigenvalue weighted by Gasteiger charge is -2.40. The molecule has 196 valence electrons. The Labute approximate surface area is 202 Å². The number of aromatic nitrogens is 4. The molecule has 36 heavy (non-hydrogen) atoms. The molecule has 4 rings (SSSR count). The summed E-state index contributed by atoms with van der Waals surface area (Å²) >= 11 is 0. The van der Waals surface area contributed by atoms with Crippen molar-refractivity contribution in [2.75, 3.05) is 6.61 Å². The minimum atomic E-state index is -4.66. The molecule has 3 heterocycles. The lowest BCUT2D eigenvalue weighted by atomic mass is 9.82. The summed E-state index contributed by atoms with van der Waals surface area (Å²) in [4.78, 5) is 11.3. The summed E-state index contributed by atoms with van der Waals surface area (Å²) in [6.45, 7) is 5.17. The number of halogens is 6. The van der Waals surface area contributed by atoms with Crippen molar-refractivity contribution < 1.29 is 36.2 Å². The van der Waals surface area contributed by atoms with Gasteiger partial charge in [0.15, 0.2) is 5.69 Å². The average Bonchev–Trinajstić information content (AvgIpc) is 3.19. The van der Waals surface area contributed by atoms with E-state index in [-0.39, 0.29) is 54.0 Å². The Bertz CT molecular complexity index is 1220. The number of hydrogen-bond acceptors (Lipinski definition) is 6. The second-order valence-corrected chi connectivity index (χ2v) is 9.38. The molecule has 2 N–H and O–H groups in total. The summed E-state index contributed by atoms with van der Waals surface area (Å²) in [6, 6.07) is 1.30. The van der Waals surface area contributed by atoms with Crippen molar-refractivity contribution in [3.63, 3.8) is 0 Å². The van der Waals surface area contributed by atoms with Crippen molar-refractivity contribution in [1.82, 2.24) is 24.8 Å². The van der Waals surface area contributed by atoms with Crippen LogP contribution in [0.3, 0.4) is 0 Å². The Kier molecular flexibility index (Phi) is 6.67. The number of alkyl halides is 6. The molecular formula is C23H25F6N5O2. The third kappa shape index (κ3) is 5.26. The molecule has 0 radical (unpaired) electrons. The van der Waals surface area contributed by atoms with Crippen LogP contribution >= 0.6 is 0 Å². The Hall–Kier alpha value is -2.93. The largest absolute Gasteiger partial charge is 0.492 e. The number of rotatable bonds is 5. The Morgan fingerprint density at radius 2 is 1.81 bits per heavy atom. The highest BCUT2D eigenvalue weighted by molar-refractivity contribution is 5.81. The first kappa shape index (κ1) is 26.1. The predicted octanol–water partition coefficient (Wildman–Crippen LogP) is 4.85. The van der Waals surface area contributed by atoms with E-state index >= 15 is 0 Å². The van der Waals surface area contributed by atoms with Crippen molar-refractivity contribution in [2.24, 2.45) is 0 Å². The lowest BCUT2D eigenvalue weighted by molar-refractivity contribution is -0.141. The van der Waals surface area contributed by atoms with E-state index < -0.39 is 35.3 Å². The van der Waals surface area contributed by atoms with Crippen molar-refractivity contribution in [3.05, 3.63) is 47.8 Å². The molecule has 0 spiro atoms. The number of imidazole rings is 1. The molecule has 3 atom stereocenters. The third-order valence-corrected chi connectivity index (χ3v) is 6.12. The van der Waals surface area contributed by atoms with Crippen LogP contribution in [0.4, 0.5) is 26.3 Å². The first-order valence-corrected chi connectivity index (χ1v) is 11.3. The van der Waals surface area contributed by atoms with Crippen LogP contribution in [-0.2, 0) is 18.0 Å². The highest BCUT2D eigenvalue weighted by atomic mass is 19.4. The number of piperidine rings is 1. The molecule has 0 amide bonds. The van der Waals surface area contributed by atoms with Crippen molar-refractivity contribution in [3.8, 4) is 5.75 Å². The Morgan fingerprint density at radius 1 is 1.08 bits per heavy atom. The van der Waals surface area contributed by atoms with E-state index in [1.54, 1.807) is 20.8 Å². The first-order valence-electron chi connectivity index (χ1n) is 11.3. The van der Waals surface area contributed by atoms with Gasteiger partial charge < -0.3 is 19.7 Å². The van der Waals surface area contributed by atoms with E-state index in [1.165, 1.54) is 17.0 Å². The number of benzene rings is 1. The van der Waals surface area contributed by atoms with E-state index in [0.717, 1.165) is 12.3 Å². The smallest absolute Gasteiger partial charge is 0.434 e. The summed E-state index contributed by atoms with van der Waals surface area (Å²) in [7, 11) is 0. The van der Waals surface area contributed by atoms with Gasteiger partial charge in [-0.25, -0.2) is 9.97 Å². The monoisotopic (exact) mass is 517 g/mol. The summed E-state index contributed by atoms with van der Waals surface area (Å²) in [6.07, 6.45) is -6.32. The van der Waals surface area contributed by atoms with Gasteiger partial charge in [-0.3, -0.25) is 4.98 Å². The number of aliphatic hydroxyl groups is 1. The minimum Gasteiger partial charge on any atom is -0.492 e. The molecule has 1 aliphatic rings. The highest BCUT2D eigenvalue weighted by Crippen LogP contribution is 2.39. The summed E-state index contributed by atoms with van der Waals surface area (Å²) in [5.41, 5.74) is -3.56. The van der Waals surface area contributed by atoms with Gasteiger partial charge in [-0.15, -0.1) is 0 Å². The van der Waals surface area contributed by atoms with Crippen LogP contribution in [0.15, 0.2) is 30.9 Å². The fraction of sp³-hybridized carbons (Fsp3) is 0.522. The van der Waals surface area contributed by atoms with Gasteiger partial charge in [-0.05, 0) is 33.3 Å². The second kappa shape index (κ2) is 9.18. The van der Waals surface area contributed by atoms with Gasteiger partial charge >= 0.3 is 12.4 Å². The van der Waals surface area contributed by atoms with Gasteiger partial charge in [-0.2, -0.15) is 26.3 Å².